The molecule has 0 saturated heterocycles. The average molecular weight is 432 g/mol. The quantitative estimate of drug-likeness (QED) is 0.401. The van der Waals surface area contributed by atoms with Crippen LogP contribution in [0.4, 0.5) is 24.5 Å². The minimum Gasteiger partial charge on any atom is -0.497 e. The van der Waals surface area contributed by atoms with Crippen molar-refractivity contribution in [3.8, 4) is 17.2 Å². The first-order valence-corrected chi connectivity index (χ1v) is 8.76. The molecule has 3 aromatic rings. The maximum absolute atomic E-state index is 12.8. The van der Waals surface area contributed by atoms with E-state index >= 15 is 0 Å². The summed E-state index contributed by atoms with van der Waals surface area (Å²) >= 11 is 0. The van der Waals surface area contributed by atoms with E-state index in [1.807, 2.05) is 0 Å². The van der Waals surface area contributed by atoms with Gasteiger partial charge in [-0.15, -0.1) is 0 Å². The van der Waals surface area contributed by atoms with Crippen molar-refractivity contribution >= 4 is 17.3 Å². The Morgan fingerprint density at radius 3 is 2.13 bits per heavy atom. The number of amides is 1. The third kappa shape index (κ3) is 5.30. The number of carbonyl (C=O) groups excluding carboxylic acids is 1. The van der Waals surface area contributed by atoms with Crippen molar-refractivity contribution in [1.82, 2.24) is 0 Å². The van der Waals surface area contributed by atoms with Crippen LogP contribution in [0.2, 0.25) is 0 Å². The number of nitrogens with zero attached hydrogens (tertiary/aromatic N) is 1. The molecule has 0 heterocycles. The summed E-state index contributed by atoms with van der Waals surface area (Å²) in [7, 11) is 1.52. The Morgan fingerprint density at radius 1 is 0.968 bits per heavy atom. The molecule has 10 heteroatoms. The van der Waals surface area contributed by atoms with E-state index in [-0.39, 0.29) is 17.1 Å². The van der Waals surface area contributed by atoms with Crippen molar-refractivity contribution in [2.75, 3.05) is 12.4 Å². The van der Waals surface area contributed by atoms with Gasteiger partial charge in [0.25, 0.3) is 5.91 Å². The minimum absolute atomic E-state index is 0.115. The van der Waals surface area contributed by atoms with E-state index in [4.69, 9.17) is 9.47 Å². The molecule has 0 aromatic heterocycles. The van der Waals surface area contributed by atoms with Gasteiger partial charge in [0.15, 0.2) is 0 Å². The highest BCUT2D eigenvalue weighted by Crippen LogP contribution is 2.37. The van der Waals surface area contributed by atoms with Gasteiger partial charge in [-0.25, -0.2) is 0 Å². The summed E-state index contributed by atoms with van der Waals surface area (Å²) in [5.41, 5.74) is -1.15. The zero-order chi connectivity index (χ0) is 22.6. The van der Waals surface area contributed by atoms with Gasteiger partial charge in [-0.3, -0.25) is 14.9 Å². The molecule has 160 valence electrons. The second kappa shape index (κ2) is 8.74. The standard InChI is InChI=1S/C21H15F3N2O5/c1-30-16-9-5-15(6-10-16)25-20(27)13-2-7-17(8-3-13)31-19-11-4-14(21(22,23)24)12-18(19)26(28)29/h2-12H,1H3,(H,25,27). The molecule has 1 amide bonds. The van der Waals surface area contributed by atoms with Crippen LogP contribution in [0.1, 0.15) is 15.9 Å². The van der Waals surface area contributed by atoms with Gasteiger partial charge in [0, 0.05) is 17.3 Å². The fourth-order valence-corrected chi connectivity index (χ4v) is 2.60. The molecular formula is C21H15F3N2O5. The van der Waals surface area contributed by atoms with Crippen LogP contribution >= 0.6 is 0 Å². The van der Waals surface area contributed by atoms with Gasteiger partial charge in [0.2, 0.25) is 5.75 Å². The molecule has 0 fully saturated rings. The van der Waals surface area contributed by atoms with Crippen LogP contribution in [0.25, 0.3) is 0 Å². The predicted molar refractivity (Wildman–Crippen MR) is 106 cm³/mol. The Morgan fingerprint density at radius 2 is 1.58 bits per heavy atom. The Labute approximate surface area is 174 Å². The van der Waals surface area contributed by atoms with E-state index in [0.29, 0.717) is 23.6 Å². The van der Waals surface area contributed by atoms with Gasteiger partial charge in [-0.2, -0.15) is 13.2 Å². The number of hydrogen-bond acceptors (Lipinski definition) is 5. The highest BCUT2D eigenvalue weighted by molar-refractivity contribution is 6.04. The van der Waals surface area contributed by atoms with Crippen molar-refractivity contribution in [2.24, 2.45) is 0 Å². The summed E-state index contributed by atoms with van der Waals surface area (Å²) in [6.07, 6.45) is -4.72. The number of hydrogen-bond donors (Lipinski definition) is 1. The highest BCUT2D eigenvalue weighted by atomic mass is 19.4. The number of ether oxygens (including phenoxy) is 2. The molecule has 3 rings (SSSR count). The number of carbonyl (C=O) groups is 1. The van der Waals surface area contributed by atoms with Crippen molar-refractivity contribution in [3.63, 3.8) is 0 Å². The van der Waals surface area contributed by atoms with Crippen molar-refractivity contribution in [2.45, 2.75) is 6.18 Å². The number of alkyl halides is 3. The fraction of sp³-hybridized carbons (Fsp3) is 0.0952. The third-order valence-corrected chi connectivity index (χ3v) is 4.18. The van der Waals surface area contributed by atoms with Crippen molar-refractivity contribution in [1.29, 1.82) is 0 Å². The van der Waals surface area contributed by atoms with Gasteiger partial charge in [0.1, 0.15) is 11.5 Å². The Hall–Kier alpha value is -4.08. The Kier molecular flexibility index (Phi) is 6.10. The van der Waals surface area contributed by atoms with Gasteiger partial charge >= 0.3 is 11.9 Å². The van der Waals surface area contributed by atoms with Crippen molar-refractivity contribution in [3.05, 3.63) is 88.0 Å². The largest absolute Gasteiger partial charge is 0.497 e. The summed E-state index contributed by atoms with van der Waals surface area (Å²) in [4.78, 5) is 22.5. The van der Waals surface area contributed by atoms with Crippen LogP contribution in [-0.4, -0.2) is 17.9 Å². The van der Waals surface area contributed by atoms with E-state index in [1.165, 1.54) is 31.4 Å². The molecule has 0 aliphatic carbocycles. The van der Waals surface area contributed by atoms with Gasteiger partial charge < -0.3 is 14.8 Å². The number of benzene rings is 3. The normalized spacial score (nSPS) is 11.0. The first kappa shape index (κ1) is 21.6. The molecule has 7 nitrogen and oxygen atoms in total. The van der Waals surface area contributed by atoms with Gasteiger partial charge in [-0.05, 0) is 60.7 Å². The number of halogens is 3. The predicted octanol–water partition coefficient (Wildman–Crippen LogP) is 5.67. The van der Waals surface area contributed by atoms with E-state index in [1.54, 1.807) is 24.3 Å². The lowest BCUT2D eigenvalue weighted by Gasteiger charge is -2.10. The lowest BCUT2D eigenvalue weighted by molar-refractivity contribution is -0.385. The lowest BCUT2D eigenvalue weighted by atomic mass is 10.1. The summed E-state index contributed by atoms with van der Waals surface area (Å²) < 4.78 is 48.8. The van der Waals surface area contributed by atoms with E-state index in [2.05, 4.69) is 5.32 Å². The zero-order valence-electron chi connectivity index (χ0n) is 16.0. The Bertz CT molecular complexity index is 1100. The molecule has 0 atom stereocenters. The Balaban J connectivity index is 1.74. The summed E-state index contributed by atoms with van der Waals surface area (Å²) in [5, 5.41) is 13.8. The van der Waals surface area contributed by atoms with Crippen LogP contribution in [-0.2, 0) is 6.18 Å². The topological polar surface area (TPSA) is 90.7 Å². The molecule has 0 aliphatic heterocycles. The highest BCUT2D eigenvalue weighted by Gasteiger charge is 2.33. The molecule has 3 aromatic carbocycles. The molecule has 31 heavy (non-hydrogen) atoms. The van der Waals surface area contributed by atoms with Crippen LogP contribution in [0.3, 0.4) is 0 Å². The summed E-state index contributed by atoms with van der Waals surface area (Å²) in [6.45, 7) is 0. The van der Waals surface area contributed by atoms with Crippen LogP contribution in [0.15, 0.2) is 66.7 Å². The maximum atomic E-state index is 12.8. The summed E-state index contributed by atoms with van der Waals surface area (Å²) in [6, 6.07) is 14.3. The van der Waals surface area contributed by atoms with E-state index in [9.17, 15) is 28.1 Å². The van der Waals surface area contributed by atoms with Crippen LogP contribution in [0, 0.1) is 10.1 Å². The monoisotopic (exact) mass is 432 g/mol. The minimum atomic E-state index is -4.72. The number of nitrogens with one attached hydrogen (secondary N) is 1. The van der Waals surface area contributed by atoms with Gasteiger partial charge in [0.05, 0.1) is 17.6 Å². The third-order valence-electron chi connectivity index (χ3n) is 4.18. The number of nitro groups is 1. The van der Waals surface area contributed by atoms with Crippen LogP contribution in [0.5, 0.6) is 17.2 Å². The molecule has 0 spiro atoms. The molecule has 0 saturated carbocycles. The molecule has 0 aliphatic rings. The fourth-order valence-electron chi connectivity index (χ4n) is 2.60. The molecule has 1 N–H and O–H groups in total. The zero-order valence-corrected chi connectivity index (χ0v) is 16.0. The first-order chi connectivity index (χ1) is 14.7. The van der Waals surface area contributed by atoms with Gasteiger partial charge in [-0.1, -0.05) is 0 Å². The van der Waals surface area contributed by atoms with Crippen molar-refractivity contribution < 1.29 is 32.4 Å². The molecular weight excluding hydrogens is 417 g/mol. The molecule has 0 bridgehead atoms. The molecule has 0 radical (unpaired) electrons. The molecule has 0 unspecified atom stereocenters. The van der Waals surface area contributed by atoms with Crippen LogP contribution < -0.4 is 14.8 Å². The van der Waals surface area contributed by atoms with E-state index in [0.717, 1.165) is 6.07 Å². The number of methoxy groups -OCH3 is 1. The summed E-state index contributed by atoms with van der Waals surface area (Å²) in [5.74, 6) is -0.00798. The lowest BCUT2D eigenvalue weighted by Crippen LogP contribution is -2.11. The number of anilines is 1. The average Bonchev–Trinajstić information content (AvgIpc) is 2.74. The first-order valence-electron chi connectivity index (χ1n) is 8.76. The SMILES string of the molecule is COc1ccc(NC(=O)c2ccc(Oc3ccc(C(F)(F)F)cc3[N+](=O)[O-])cc2)cc1. The van der Waals surface area contributed by atoms with E-state index < -0.39 is 28.3 Å². The smallest absolute Gasteiger partial charge is 0.416 e. The number of nitro benzene ring substituents is 1. The second-order valence-electron chi connectivity index (χ2n) is 6.25. The maximum Gasteiger partial charge on any atom is 0.416 e. The second-order valence-corrected chi connectivity index (χ2v) is 6.25. The number of rotatable bonds is 6.